The normalized spacial score (nSPS) is 18.6. The summed E-state index contributed by atoms with van der Waals surface area (Å²) in [5.41, 5.74) is 2.13. The van der Waals surface area contributed by atoms with E-state index in [4.69, 9.17) is 9.78 Å². The number of hydrogen-bond acceptors (Lipinski definition) is 7. The molecule has 0 aliphatic carbocycles. The van der Waals surface area contributed by atoms with Crippen molar-refractivity contribution in [1.29, 1.82) is 0 Å². The van der Waals surface area contributed by atoms with Gasteiger partial charge in [-0.2, -0.15) is 0 Å². The summed E-state index contributed by atoms with van der Waals surface area (Å²) in [6.07, 6.45) is 1.73. The Labute approximate surface area is 120 Å². The monoisotopic (exact) mass is 288 g/mol. The van der Waals surface area contributed by atoms with Gasteiger partial charge in [0, 0.05) is 11.9 Å². The van der Waals surface area contributed by atoms with E-state index in [0.717, 1.165) is 27.8 Å². The van der Waals surface area contributed by atoms with Gasteiger partial charge in [-0.05, 0) is 49.6 Å². The zero-order valence-corrected chi connectivity index (χ0v) is 11.8. The summed E-state index contributed by atoms with van der Waals surface area (Å²) in [6.45, 7) is 4.02. The molecule has 2 aromatic rings. The fraction of sp³-hybridized carbons (Fsp3) is 0.231. The van der Waals surface area contributed by atoms with Crippen LogP contribution >= 0.6 is 11.9 Å². The molecular formula is C13H12N4O2S. The SMILES string of the molecule is Cc1ccc(N2Sc3cccnc3NC23OO3)nc1C. The first-order chi connectivity index (χ1) is 9.68. The molecule has 0 unspecified atom stereocenters. The third kappa shape index (κ3) is 1.75. The lowest BCUT2D eigenvalue weighted by Crippen LogP contribution is -2.43. The first-order valence-corrected chi connectivity index (χ1v) is 6.98. The number of pyridine rings is 2. The molecule has 1 N–H and O–H groups in total. The average Bonchev–Trinajstić information content (AvgIpc) is 3.21. The van der Waals surface area contributed by atoms with Gasteiger partial charge in [-0.3, -0.25) is 5.32 Å². The van der Waals surface area contributed by atoms with E-state index >= 15 is 0 Å². The highest BCUT2D eigenvalue weighted by atomic mass is 32.2. The molecule has 0 radical (unpaired) electrons. The summed E-state index contributed by atoms with van der Waals surface area (Å²) in [5, 5.41) is 3.14. The summed E-state index contributed by atoms with van der Waals surface area (Å²) < 4.78 is 1.86. The summed E-state index contributed by atoms with van der Waals surface area (Å²) in [7, 11) is 0. The van der Waals surface area contributed by atoms with Crippen LogP contribution < -0.4 is 9.62 Å². The molecule has 102 valence electrons. The molecule has 0 saturated carbocycles. The number of hydrogen-bond donors (Lipinski definition) is 1. The molecule has 4 rings (SSSR count). The van der Waals surface area contributed by atoms with Gasteiger partial charge in [0.1, 0.15) is 11.6 Å². The van der Waals surface area contributed by atoms with Crippen LogP contribution in [0.5, 0.6) is 0 Å². The number of aromatic nitrogens is 2. The van der Waals surface area contributed by atoms with Gasteiger partial charge in [-0.1, -0.05) is 6.07 Å². The van der Waals surface area contributed by atoms with Gasteiger partial charge in [0.2, 0.25) is 0 Å². The summed E-state index contributed by atoms with van der Waals surface area (Å²) in [6, 6.07) is 6.87. The molecule has 7 heteroatoms. The maximum atomic E-state index is 5.14. The van der Waals surface area contributed by atoms with Crippen molar-refractivity contribution < 1.29 is 9.78 Å². The Morgan fingerprint density at radius 1 is 1.25 bits per heavy atom. The number of aryl methyl sites for hydroxylation is 2. The van der Waals surface area contributed by atoms with Crippen molar-refractivity contribution in [2.45, 2.75) is 24.8 Å². The van der Waals surface area contributed by atoms with Crippen LogP contribution in [0.15, 0.2) is 35.4 Å². The van der Waals surface area contributed by atoms with Crippen molar-refractivity contribution in [3.05, 3.63) is 41.7 Å². The Kier molecular flexibility index (Phi) is 2.44. The molecule has 2 aliphatic rings. The molecule has 1 saturated heterocycles. The minimum absolute atomic E-state index is 0.745. The van der Waals surface area contributed by atoms with Gasteiger partial charge in [0.25, 0.3) is 0 Å². The number of rotatable bonds is 1. The van der Waals surface area contributed by atoms with Crippen LogP contribution in [0.1, 0.15) is 11.3 Å². The Balaban J connectivity index is 1.76. The first kappa shape index (κ1) is 12.0. The molecule has 0 bridgehead atoms. The van der Waals surface area contributed by atoms with Crippen molar-refractivity contribution in [2.24, 2.45) is 0 Å². The zero-order valence-electron chi connectivity index (χ0n) is 11.0. The van der Waals surface area contributed by atoms with E-state index in [-0.39, 0.29) is 0 Å². The van der Waals surface area contributed by atoms with Crippen molar-refractivity contribution in [2.75, 3.05) is 9.62 Å². The van der Waals surface area contributed by atoms with Crippen molar-refractivity contribution in [3.8, 4) is 0 Å². The Hall–Kier alpha value is -1.83. The third-order valence-electron chi connectivity index (χ3n) is 3.29. The standard InChI is InChI=1S/C13H12N4O2S/c1-8-5-6-11(15-9(8)2)17-13(18-19-13)16-12-10(20-17)4-3-7-14-12/h3-7H,1-2H3,(H,14,16). The molecule has 1 spiro atoms. The molecule has 1 fully saturated rings. The fourth-order valence-corrected chi connectivity index (χ4v) is 2.94. The van der Waals surface area contributed by atoms with Crippen LogP contribution in [0.3, 0.4) is 0 Å². The highest BCUT2D eigenvalue weighted by Crippen LogP contribution is 2.49. The quantitative estimate of drug-likeness (QED) is 0.491. The van der Waals surface area contributed by atoms with Gasteiger partial charge in [-0.15, -0.1) is 9.78 Å². The highest BCUT2D eigenvalue weighted by molar-refractivity contribution is 8.01. The minimum atomic E-state index is -0.999. The van der Waals surface area contributed by atoms with Crippen LogP contribution in [0, 0.1) is 13.8 Å². The third-order valence-corrected chi connectivity index (χ3v) is 4.42. The number of nitrogens with one attached hydrogen (secondary N) is 1. The molecular weight excluding hydrogens is 276 g/mol. The summed E-state index contributed by atoms with van der Waals surface area (Å²) >= 11 is 1.49. The van der Waals surface area contributed by atoms with E-state index in [1.165, 1.54) is 11.9 Å². The smallest absolute Gasteiger partial charge is 0.294 e. The van der Waals surface area contributed by atoms with Gasteiger partial charge in [-0.25, -0.2) is 14.3 Å². The van der Waals surface area contributed by atoms with Crippen molar-refractivity contribution in [3.63, 3.8) is 0 Å². The molecule has 6 nitrogen and oxygen atoms in total. The van der Waals surface area contributed by atoms with Crippen LogP contribution in [0.2, 0.25) is 0 Å². The molecule has 0 atom stereocenters. The summed E-state index contributed by atoms with van der Waals surface area (Å²) in [4.78, 5) is 20.2. The molecule has 0 aromatic carbocycles. The maximum Gasteiger partial charge on any atom is 0.407 e. The molecule has 4 heterocycles. The van der Waals surface area contributed by atoms with Gasteiger partial charge in [0.05, 0.1) is 4.90 Å². The van der Waals surface area contributed by atoms with Crippen molar-refractivity contribution in [1.82, 2.24) is 9.97 Å². The minimum Gasteiger partial charge on any atom is -0.294 e. The van der Waals surface area contributed by atoms with E-state index in [2.05, 4.69) is 15.3 Å². The topological polar surface area (TPSA) is 66.1 Å². The van der Waals surface area contributed by atoms with Crippen LogP contribution in [0.25, 0.3) is 0 Å². The molecule has 0 amide bonds. The van der Waals surface area contributed by atoms with E-state index in [1.807, 2.05) is 42.4 Å². The lowest BCUT2D eigenvalue weighted by molar-refractivity contribution is 0.0850. The van der Waals surface area contributed by atoms with Crippen molar-refractivity contribution >= 4 is 23.6 Å². The second kappa shape index (κ2) is 4.08. The lowest BCUT2D eigenvalue weighted by Gasteiger charge is -2.31. The summed E-state index contributed by atoms with van der Waals surface area (Å²) in [5.74, 6) is 1.52. The van der Waals surface area contributed by atoms with E-state index in [1.54, 1.807) is 6.20 Å². The molecule has 2 aromatic heterocycles. The van der Waals surface area contributed by atoms with E-state index < -0.39 is 6.03 Å². The van der Waals surface area contributed by atoms with Gasteiger partial charge >= 0.3 is 6.03 Å². The average molecular weight is 288 g/mol. The number of nitrogens with zero attached hydrogens (tertiary/aromatic N) is 3. The first-order valence-electron chi connectivity index (χ1n) is 6.20. The molecule has 2 aliphatic heterocycles. The molecule has 20 heavy (non-hydrogen) atoms. The highest BCUT2D eigenvalue weighted by Gasteiger charge is 2.60. The predicted molar refractivity (Wildman–Crippen MR) is 74.8 cm³/mol. The van der Waals surface area contributed by atoms with Crippen LogP contribution in [0.4, 0.5) is 11.6 Å². The fourth-order valence-electron chi connectivity index (χ4n) is 1.99. The van der Waals surface area contributed by atoms with Gasteiger partial charge in [0.15, 0.2) is 0 Å². The second-order valence-electron chi connectivity index (χ2n) is 4.68. The predicted octanol–water partition coefficient (Wildman–Crippen LogP) is 2.61. The largest absolute Gasteiger partial charge is 0.407 e. The Bertz CT molecular complexity index is 690. The number of anilines is 2. The zero-order chi connectivity index (χ0) is 13.7. The Morgan fingerprint density at radius 2 is 2.10 bits per heavy atom. The number of fused-ring (bicyclic) bond motifs is 1. The van der Waals surface area contributed by atoms with Gasteiger partial charge < -0.3 is 0 Å². The van der Waals surface area contributed by atoms with Crippen LogP contribution in [-0.2, 0) is 9.78 Å². The lowest BCUT2D eigenvalue weighted by atomic mass is 10.2. The Morgan fingerprint density at radius 3 is 2.85 bits per heavy atom. The maximum absolute atomic E-state index is 5.14. The van der Waals surface area contributed by atoms with E-state index in [9.17, 15) is 0 Å². The van der Waals surface area contributed by atoms with Crippen LogP contribution in [-0.4, -0.2) is 16.0 Å². The van der Waals surface area contributed by atoms with E-state index in [0.29, 0.717) is 0 Å². The second-order valence-corrected chi connectivity index (χ2v) is 5.67.